The van der Waals surface area contributed by atoms with Gasteiger partial charge >= 0.3 is 6.03 Å². The normalized spacial score (nSPS) is 17.6. The SMILES string of the molecule is O=C(Nc1ccc(C(=O)NCCc2ccccc2)cc1)NC1CCS(=O)(=O)C1. The third-order valence-electron chi connectivity index (χ3n) is 4.51. The standard InChI is InChI=1S/C20H23N3O4S/c24-19(21-12-10-15-4-2-1-3-5-15)16-6-8-17(9-7-16)22-20(25)23-18-11-13-28(26,27)14-18/h1-9,18H,10-14H2,(H,21,24)(H2,22,23,25). The Morgan fingerprint density at radius 2 is 1.71 bits per heavy atom. The minimum absolute atomic E-state index is 0.0253. The predicted molar refractivity (Wildman–Crippen MR) is 108 cm³/mol. The summed E-state index contributed by atoms with van der Waals surface area (Å²) >= 11 is 0. The molecule has 0 bridgehead atoms. The summed E-state index contributed by atoms with van der Waals surface area (Å²) in [6.07, 6.45) is 1.18. The zero-order valence-corrected chi connectivity index (χ0v) is 16.2. The van der Waals surface area contributed by atoms with Gasteiger partial charge in [0, 0.05) is 23.8 Å². The Balaban J connectivity index is 1.45. The molecule has 8 heteroatoms. The third-order valence-corrected chi connectivity index (χ3v) is 6.28. The van der Waals surface area contributed by atoms with Gasteiger partial charge in [0.15, 0.2) is 9.84 Å². The zero-order valence-electron chi connectivity index (χ0n) is 15.4. The number of amides is 3. The zero-order chi connectivity index (χ0) is 20.0. The molecule has 2 aromatic carbocycles. The molecule has 1 heterocycles. The van der Waals surface area contributed by atoms with Crippen molar-refractivity contribution in [2.75, 3.05) is 23.4 Å². The van der Waals surface area contributed by atoms with Crippen LogP contribution >= 0.6 is 0 Å². The topological polar surface area (TPSA) is 104 Å². The van der Waals surface area contributed by atoms with Crippen LogP contribution in [0.5, 0.6) is 0 Å². The van der Waals surface area contributed by atoms with E-state index in [0.717, 1.165) is 12.0 Å². The van der Waals surface area contributed by atoms with E-state index in [2.05, 4.69) is 16.0 Å². The number of urea groups is 1. The molecule has 2 aromatic rings. The van der Waals surface area contributed by atoms with Gasteiger partial charge in [-0.1, -0.05) is 30.3 Å². The molecule has 1 aliphatic heterocycles. The monoisotopic (exact) mass is 401 g/mol. The van der Waals surface area contributed by atoms with Crippen LogP contribution in [0.1, 0.15) is 22.3 Å². The minimum atomic E-state index is -3.04. The van der Waals surface area contributed by atoms with Crippen molar-refractivity contribution in [1.29, 1.82) is 0 Å². The Morgan fingerprint density at radius 1 is 1.00 bits per heavy atom. The average molecular weight is 401 g/mol. The lowest BCUT2D eigenvalue weighted by Gasteiger charge is -2.12. The molecular formula is C20H23N3O4S. The predicted octanol–water partition coefficient (Wildman–Crippen LogP) is 1.97. The van der Waals surface area contributed by atoms with Crippen LogP contribution in [0.2, 0.25) is 0 Å². The molecule has 3 rings (SSSR count). The number of rotatable bonds is 6. The summed E-state index contributed by atoms with van der Waals surface area (Å²) in [6.45, 7) is 0.537. The van der Waals surface area contributed by atoms with Gasteiger partial charge in [-0.25, -0.2) is 13.2 Å². The maximum absolute atomic E-state index is 12.2. The number of benzene rings is 2. The largest absolute Gasteiger partial charge is 0.352 e. The number of carbonyl (C=O) groups excluding carboxylic acids is 2. The summed E-state index contributed by atoms with van der Waals surface area (Å²) in [6, 6.07) is 15.6. The quantitative estimate of drug-likeness (QED) is 0.688. The third kappa shape index (κ3) is 5.82. The molecule has 7 nitrogen and oxygen atoms in total. The van der Waals surface area contributed by atoms with Crippen molar-refractivity contribution < 1.29 is 18.0 Å². The Labute approximate surface area is 164 Å². The van der Waals surface area contributed by atoms with Gasteiger partial charge in [-0.2, -0.15) is 0 Å². The first-order chi connectivity index (χ1) is 13.4. The highest BCUT2D eigenvalue weighted by atomic mass is 32.2. The van der Waals surface area contributed by atoms with Crippen LogP contribution < -0.4 is 16.0 Å². The Bertz CT molecular complexity index is 928. The number of hydrogen-bond acceptors (Lipinski definition) is 4. The van der Waals surface area contributed by atoms with Gasteiger partial charge in [0.05, 0.1) is 11.5 Å². The second-order valence-corrected chi connectivity index (χ2v) is 9.00. The van der Waals surface area contributed by atoms with Gasteiger partial charge in [-0.3, -0.25) is 4.79 Å². The van der Waals surface area contributed by atoms with Crippen LogP contribution in [0.4, 0.5) is 10.5 Å². The highest BCUT2D eigenvalue weighted by Crippen LogP contribution is 2.13. The fraction of sp³-hybridized carbons (Fsp3) is 0.300. The van der Waals surface area contributed by atoms with E-state index in [4.69, 9.17) is 0 Å². The molecule has 28 heavy (non-hydrogen) atoms. The van der Waals surface area contributed by atoms with Crippen LogP contribution in [0.25, 0.3) is 0 Å². The molecule has 0 spiro atoms. The maximum Gasteiger partial charge on any atom is 0.319 e. The molecule has 0 saturated carbocycles. The van der Waals surface area contributed by atoms with E-state index < -0.39 is 15.9 Å². The van der Waals surface area contributed by atoms with Crippen LogP contribution in [0, 0.1) is 0 Å². The Hall–Kier alpha value is -2.87. The number of nitrogens with one attached hydrogen (secondary N) is 3. The van der Waals surface area contributed by atoms with E-state index in [1.165, 1.54) is 0 Å². The molecule has 3 N–H and O–H groups in total. The maximum atomic E-state index is 12.2. The van der Waals surface area contributed by atoms with Crippen molar-refractivity contribution >= 4 is 27.5 Å². The molecule has 1 unspecified atom stereocenters. The second kappa shape index (κ2) is 8.88. The first-order valence-corrected chi connectivity index (χ1v) is 10.9. The van der Waals surface area contributed by atoms with Gasteiger partial charge in [0.2, 0.25) is 0 Å². The van der Waals surface area contributed by atoms with E-state index in [1.807, 2.05) is 30.3 Å². The Kier molecular flexibility index (Phi) is 6.30. The first kappa shape index (κ1) is 19.9. The Morgan fingerprint density at radius 3 is 2.36 bits per heavy atom. The molecule has 1 fully saturated rings. The molecule has 1 atom stereocenters. The van der Waals surface area contributed by atoms with Crippen LogP contribution in [0.15, 0.2) is 54.6 Å². The van der Waals surface area contributed by atoms with Crippen molar-refractivity contribution in [2.45, 2.75) is 18.9 Å². The minimum Gasteiger partial charge on any atom is -0.352 e. The van der Waals surface area contributed by atoms with Gasteiger partial charge < -0.3 is 16.0 Å². The number of carbonyl (C=O) groups is 2. The molecule has 1 aliphatic rings. The van der Waals surface area contributed by atoms with Crippen LogP contribution in [0.3, 0.4) is 0 Å². The summed E-state index contributed by atoms with van der Waals surface area (Å²) in [5.41, 5.74) is 2.18. The highest BCUT2D eigenvalue weighted by molar-refractivity contribution is 7.91. The van der Waals surface area contributed by atoms with Crippen molar-refractivity contribution in [3.63, 3.8) is 0 Å². The van der Waals surface area contributed by atoms with Gasteiger partial charge in [0.25, 0.3) is 5.91 Å². The molecule has 0 aliphatic carbocycles. The lowest BCUT2D eigenvalue weighted by molar-refractivity contribution is 0.0954. The van der Waals surface area contributed by atoms with Crippen molar-refractivity contribution in [2.24, 2.45) is 0 Å². The van der Waals surface area contributed by atoms with E-state index in [-0.39, 0.29) is 23.5 Å². The first-order valence-electron chi connectivity index (χ1n) is 9.11. The van der Waals surface area contributed by atoms with Crippen molar-refractivity contribution in [3.8, 4) is 0 Å². The van der Waals surface area contributed by atoms with E-state index in [0.29, 0.717) is 24.2 Å². The van der Waals surface area contributed by atoms with Crippen LogP contribution in [-0.2, 0) is 16.3 Å². The van der Waals surface area contributed by atoms with Gasteiger partial charge in [0.1, 0.15) is 0 Å². The van der Waals surface area contributed by atoms with Gasteiger partial charge in [-0.05, 0) is 42.7 Å². The fourth-order valence-corrected chi connectivity index (χ4v) is 4.71. The average Bonchev–Trinajstić information content (AvgIpc) is 3.01. The van der Waals surface area contributed by atoms with Crippen molar-refractivity contribution in [1.82, 2.24) is 10.6 Å². The summed E-state index contributed by atoms with van der Waals surface area (Å²) < 4.78 is 22.9. The number of anilines is 1. The molecule has 148 valence electrons. The second-order valence-electron chi connectivity index (χ2n) is 6.77. The molecule has 0 aromatic heterocycles. The number of hydrogen-bond donors (Lipinski definition) is 3. The lowest BCUT2D eigenvalue weighted by atomic mass is 10.1. The summed E-state index contributed by atoms with van der Waals surface area (Å²) in [4.78, 5) is 24.2. The molecule has 0 radical (unpaired) electrons. The van der Waals surface area contributed by atoms with Gasteiger partial charge in [-0.15, -0.1) is 0 Å². The molecule has 3 amide bonds. The smallest absolute Gasteiger partial charge is 0.319 e. The van der Waals surface area contributed by atoms with Crippen molar-refractivity contribution in [3.05, 3.63) is 65.7 Å². The van der Waals surface area contributed by atoms with Crippen LogP contribution in [-0.4, -0.2) is 44.4 Å². The number of sulfone groups is 1. The molecule has 1 saturated heterocycles. The van der Waals surface area contributed by atoms with E-state index in [1.54, 1.807) is 24.3 Å². The fourth-order valence-electron chi connectivity index (χ4n) is 3.03. The lowest BCUT2D eigenvalue weighted by Crippen LogP contribution is -2.38. The summed E-state index contributed by atoms with van der Waals surface area (Å²) in [5.74, 6) is -0.0998. The van der Waals surface area contributed by atoms with E-state index in [9.17, 15) is 18.0 Å². The summed E-state index contributed by atoms with van der Waals surface area (Å²) in [5, 5.41) is 8.17. The summed E-state index contributed by atoms with van der Waals surface area (Å²) in [7, 11) is -3.04. The molecular weight excluding hydrogens is 378 g/mol. The highest BCUT2D eigenvalue weighted by Gasteiger charge is 2.28. The van der Waals surface area contributed by atoms with E-state index >= 15 is 0 Å².